The highest BCUT2D eigenvalue weighted by molar-refractivity contribution is 7.85. The molecule has 2 aromatic rings. The second-order valence-electron chi connectivity index (χ2n) is 10.4. The number of piperidine rings is 1. The lowest BCUT2D eigenvalue weighted by Crippen LogP contribution is -2.50. The molecule has 1 atom stereocenters. The highest BCUT2D eigenvalue weighted by atomic mass is 32.2. The number of hydrogen-bond acceptors (Lipinski definition) is 7. The van der Waals surface area contributed by atoms with Crippen LogP contribution in [0.25, 0.3) is 0 Å². The number of aromatic nitrogens is 1. The summed E-state index contributed by atoms with van der Waals surface area (Å²) in [5.41, 5.74) is 0.596. The summed E-state index contributed by atoms with van der Waals surface area (Å²) in [6.07, 6.45) is 7.25. The van der Waals surface area contributed by atoms with Crippen LogP contribution in [-0.4, -0.2) is 85.0 Å². The van der Waals surface area contributed by atoms with Crippen molar-refractivity contribution < 1.29 is 22.6 Å². The van der Waals surface area contributed by atoms with Crippen molar-refractivity contribution >= 4 is 39.2 Å². The van der Waals surface area contributed by atoms with Crippen molar-refractivity contribution in [1.82, 2.24) is 20.1 Å². The quantitative estimate of drug-likeness (QED) is 0.346. The predicted octanol–water partition coefficient (Wildman–Crippen LogP) is 3.86. The summed E-state index contributed by atoms with van der Waals surface area (Å²) in [6.45, 7) is 9.69. The van der Waals surface area contributed by atoms with Crippen molar-refractivity contribution in [2.24, 2.45) is 0 Å². The van der Waals surface area contributed by atoms with Crippen molar-refractivity contribution in [3.63, 3.8) is 0 Å². The zero-order valence-electron chi connectivity index (χ0n) is 23.3. The molecule has 1 saturated heterocycles. The van der Waals surface area contributed by atoms with Crippen LogP contribution in [0, 0.1) is 0 Å². The Morgan fingerprint density at radius 3 is 2.67 bits per heavy atom. The van der Waals surface area contributed by atoms with E-state index in [9.17, 15) is 22.6 Å². The van der Waals surface area contributed by atoms with E-state index in [0.717, 1.165) is 51.9 Å². The number of carbonyl (C=O) groups is 2. The van der Waals surface area contributed by atoms with Gasteiger partial charge in [-0.25, -0.2) is 14.7 Å². The third-order valence-corrected chi connectivity index (χ3v) is 8.03. The van der Waals surface area contributed by atoms with Crippen molar-refractivity contribution in [3.05, 3.63) is 47.7 Å². The predicted molar refractivity (Wildman–Crippen MR) is 156 cm³/mol. The molecule has 11 nitrogen and oxygen atoms in total. The minimum atomic E-state index is -4.42. The van der Waals surface area contributed by atoms with Gasteiger partial charge in [0.25, 0.3) is 16.0 Å². The first-order valence-electron chi connectivity index (χ1n) is 14.1. The second-order valence-corrected chi connectivity index (χ2v) is 11.9. The summed E-state index contributed by atoms with van der Waals surface area (Å²) in [6, 6.07) is 7.80. The molecule has 3 amide bonds. The van der Waals surface area contributed by atoms with E-state index in [1.807, 2.05) is 0 Å². The molecule has 12 heteroatoms. The maximum absolute atomic E-state index is 13.7. The summed E-state index contributed by atoms with van der Waals surface area (Å²) in [4.78, 5) is 37.5. The Balaban J connectivity index is 1.54. The maximum atomic E-state index is 13.7. The number of anilines is 3. The van der Waals surface area contributed by atoms with E-state index in [1.165, 1.54) is 23.6 Å². The lowest BCUT2D eigenvalue weighted by atomic mass is 10.0. The van der Waals surface area contributed by atoms with E-state index in [4.69, 9.17) is 0 Å². The molecule has 0 saturated carbocycles. The van der Waals surface area contributed by atoms with Gasteiger partial charge in [0.2, 0.25) is 0 Å². The van der Waals surface area contributed by atoms with Crippen molar-refractivity contribution in [2.45, 2.75) is 57.7 Å². The molecule has 1 fully saturated rings. The number of nitrogens with one attached hydrogen (secondary N) is 2. The van der Waals surface area contributed by atoms with E-state index in [1.54, 1.807) is 24.3 Å². The Hall–Kier alpha value is -3.06. The van der Waals surface area contributed by atoms with Gasteiger partial charge in [0.15, 0.2) is 5.82 Å². The first-order valence-corrected chi connectivity index (χ1v) is 15.7. The van der Waals surface area contributed by atoms with E-state index >= 15 is 0 Å². The van der Waals surface area contributed by atoms with Crippen LogP contribution in [0.5, 0.6) is 0 Å². The minimum absolute atomic E-state index is 0.00342. The molecule has 0 bridgehead atoms. The monoisotopic (exact) mass is 572 g/mol. The fraction of sp³-hybridized carbons (Fsp3) is 0.536. The van der Waals surface area contributed by atoms with Gasteiger partial charge in [0.05, 0.1) is 16.9 Å². The maximum Gasteiger partial charge on any atom is 0.327 e. The van der Waals surface area contributed by atoms with Gasteiger partial charge in [0, 0.05) is 31.9 Å². The Morgan fingerprint density at radius 1 is 1.18 bits per heavy atom. The Bertz CT molecular complexity index is 1300. The molecular formula is C28H40N6O5S. The number of carbonyl (C=O) groups excluding carboxylic acids is 2. The van der Waals surface area contributed by atoms with Crippen molar-refractivity contribution in [1.29, 1.82) is 0 Å². The number of amides is 3. The smallest absolute Gasteiger partial charge is 0.327 e. The van der Waals surface area contributed by atoms with E-state index < -0.39 is 27.8 Å². The normalized spacial score (nSPS) is 17.6. The largest absolute Gasteiger partial charge is 0.336 e. The molecular weight excluding hydrogens is 532 g/mol. The van der Waals surface area contributed by atoms with E-state index in [2.05, 4.69) is 39.3 Å². The molecule has 3 heterocycles. The number of fused-ring (bicyclic) bond motifs is 2. The average Bonchev–Trinajstić information content (AvgIpc) is 3.03. The topological polar surface area (TPSA) is 135 Å². The van der Waals surface area contributed by atoms with Crippen LogP contribution in [0.3, 0.4) is 0 Å². The standard InChI is InChI=1S/C28H40N6O5S/c1-3-15-32(16-4-2)19-22-10-5-6-17-33(22)18-14-30-28(36)34-24-12-7-9-21(20-40(37,38)39)25(24)27(35)31-23-11-8-13-29-26(23)34/h7-9,11-13,22H,3-6,10,14-20H2,1-2H3,(H,30,36)(H,31,35)(H,37,38,39). The lowest BCUT2D eigenvalue weighted by molar-refractivity contribution is 0.102. The number of hydrogen-bond donors (Lipinski definition) is 3. The molecule has 2 aliphatic heterocycles. The molecule has 0 aliphatic carbocycles. The van der Waals surface area contributed by atoms with Crippen molar-refractivity contribution in [3.8, 4) is 0 Å². The van der Waals surface area contributed by atoms with Gasteiger partial charge in [-0.05, 0) is 69.1 Å². The minimum Gasteiger partial charge on any atom is -0.336 e. The molecule has 1 unspecified atom stereocenters. The molecule has 3 N–H and O–H groups in total. The molecule has 218 valence electrons. The van der Waals surface area contributed by atoms with Gasteiger partial charge >= 0.3 is 6.03 Å². The van der Waals surface area contributed by atoms with Gasteiger partial charge in [-0.15, -0.1) is 0 Å². The number of urea groups is 1. The van der Waals surface area contributed by atoms with E-state index in [-0.39, 0.29) is 22.6 Å². The highest BCUT2D eigenvalue weighted by Gasteiger charge is 2.33. The molecule has 40 heavy (non-hydrogen) atoms. The summed E-state index contributed by atoms with van der Waals surface area (Å²) in [7, 11) is -4.42. The Labute approximate surface area is 236 Å². The number of rotatable bonds is 11. The molecule has 2 aliphatic rings. The number of likely N-dealkylation sites (tertiary alicyclic amines) is 1. The molecule has 1 aromatic heterocycles. The number of nitrogens with zero attached hydrogens (tertiary/aromatic N) is 4. The van der Waals surface area contributed by atoms with Gasteiger partial charge in [0.1, 0.15) is 5.75 Å². The van der Waals surface area contributed by atoms with Crippen LogP contribution in [-0.2, 0) is 15.9 Å². The zero-order valence-corrected chi connectivity index (χ0v) is 24.1. The molecule has 1 aromatic carbocycles. The van der Waals surface area contributed by atoms with Gasteiger partial charge in [-0.1, -0.05) is 32.4 Å². The number of pyridine rings is 1. The van der Waals surface area contributed by atoms with Gasteiger partial charge in [-0.2, -0.15) is 8.42 Å². The number of benzene rings is 1. The van der Waals surface area contributed by atoms with Crippen LogP contribution in [0.15, 0.2) is 36.5 Å². The third kappa shape index (κ3) is 7.36. The Morgan fingerprint density at radius 2 is 1.95 bits per heavy atom. The first-order chi connectivity index (χ1) is 19.2. The fourth-order valence-electron chi connectivity index (χ4n) is 5.70. The molecule has 4 rings (SSSR count). The third-order valence-electron chi connectivity index (χ3n) is 7.36. The summed E-state index contributed by atoms with van der Waals surface area (Å²) in [5.74, 6) is -1.12. The van der Waals surface area contributed by atoms with Crippen LogP contribution < -0.4 is 15.5 Å². The second kappa shape index (κ2) is 13.5. The van der Waals surface area contributed by atoms with Crippen LogP contribution in [0.1, 0.15) is 61.9 Å². The average molecular weight is 573 g/mol. The summed E-state index contributed by atoms with van der Waals surface area (Å²) in [5, 5.41) is 5.73. The van der Waals surface area contributed by atoms with Crippen molar-refractivity contribution in [2.75, 3.05) is 49.5 Å². The summed E-state index contributed by atoms with van der Waals surface area (Å²) < 4.78 is 32.8. The van der Waals surface area contributed by atoms with Crippen LogP contribution in [0.4, 0.5) is 22.0 Å². The first kappa shape index (κ1) is 29.9. The molecule has 0 radical (unpaired) electrons. The lowest BCUT2D eigenvalue weighted by Gasteiger charge is -2.39. The molecule has 0 spiro atoms. The van der Waals surface area contributed by atoms with Gasteiger partial charge in [-0.3, -0.25) is 14.2 Å². The van der Waals surface area contributed by atoms with Crippen LogP contribution in [0.2, 0.25) is 0 Å². The van der Waals surface area contributed by atoms with Gasteiger partial charge < -0.3 is 15.5 Å². The zero-order chi connectivity index (χ0) is 28.7. The van der Waals surface area contributed by atoms with Crippen LogP contribution >= 0.6 is 0 Å². The Kier molecular flexibility index (Phi) is 10.1. The highest BCUT2D eigenvalue weighted by Crippen LogP contribution is 2.38. The summed E-state index contributed by atoms with van der Waals surface area (Å²) >= 11 is 0. The van der Waals surface area contributed by atoms with E-state index in [0.29, 0.717) is 24.8 Å². The fourth-order valence-corrected chi connectivity index (χ4v) is 6.33. The SMILES string of the molecule is CCCN(CCC)CC1CCCCN1CCNC(=O)N1c2cccc(CS(=O)(=O)O)c2C(=O)Nc2cccnc21.